The second kappa shape index (κ2) is 8.12. The van der Waals surface area contributed by atoms with Crippen LogP contribution in [-0.4, -0.2) is 30.3 Å². The summed E-state index contributed by atoms with van der Waals surface area (Å²) in [6.45, 7) is 0. The first-order chi connectivity index (χ1) is 11.5. The minimum absolute atomic E-state index is 0.0608. The molecule has 0 fully saturated rings. The second-order valence-electron chi connectivity index (χ2n) is 4.85. The van der Waals surface area contributed by atoms with Gasteiger partial charge in [-0.2, -0.15) is 5.10 Å². The van der Waals surface area contributed by atoms with Crippen molar-refractivity contribution in [1.82, 2.24) is 5.43 Å². The highest BCUT2D eigenvalue weighted by molar-refractivity contribution is 6.31. The number of hydrogen-bond acceptors (Lipinski definition) is 4. The van der Waals surface area contributed by atoms with Crippen LogP contribution in [0.3, 0.4) is 0 Å². The summed E-state index contributed by atoms with van der Waals surface area (Å²) in [5.41, 5.74) is 3.88. The summed E-state index contributed by atoms with van der Waals surface area (Å²) >= 11 is 6.05. The topological polar surface area (TPSA) is 88.0 Å². The van der Waals surface area contributed by atoms with Crippen LogP contribution >= 0.6 is 11.6 Å². The monoisotopic (exact) mass is 346 g/mol. The number of methoxy groups -OCH3 is 1. The number of carboxylic acids is 1. The molecule has 0 atom stereocenters. The number of amides is 1. The number of hydrogen-bond donors (Lipinski definition) is 2. The number of carbonyl (C=O) groups is 2. The van der Waals surface area contributed by atoms with Gasteiger partial charge in [0.25, 0.3) is 0 Å². The molecule has 0 saturated carbocycles. The largest absolute Gasteiger partial charge is 0.497 e. The van der Waals surface area contributed by atoms with Gasteiger partial charge < -0.3 is 9.84 Å². The van der Waals surface area contributed by atoms with E-state index >= 15 is 0 Å². The van der Waals surface area contributed by atoms with Crippen LogP contribution in [0.1, 0.15) is 21.5 Å². The van der Waals surface area contributed by atoms with E-state index in [1.807, 2.05) is 0 Å². The lowest BCUT2D eigenvalue weighted by molar-refractivity contribution is -0.120. The molecular formula is C17H15ClN2O4. The molecule has 2 aromatic carbocycles. The zero-order chi connectivity index (χ0) is 17.5. The Balaban J connectivity index is 1.94. The molecule has 0 aliphatic rings. The number of hydrazone groups is 1. The standard InChI is InChI=1S/C17H15ClN2O4/c1-24-14-6-7-15(18)13(8-14)9-16(21)20-19-10-11-2-4-12(5-3-11)17(22)23/h2-8,10H,9H2,1H3,(H,20,21)(H,22,23)/b19-10+. The molecule has 2 rings (SSSR count). The predicted octanol–water partition coefficient (Wildman–Crippen LogP) is 2.74. The van der Waals surface area contributed by atoms with E-state index < -0.39 is 5.97 Å². The Labute approximate surface area is 143 Å². The average Bonchev–Trinajstić information content (AvgIpc) is 2.57. The first-order valence-electron chi connectivity index (χ1n) is 6.97. The molecule has 0 aliphatic carbocycles. The second-order valence-corrected chi connectivity index (χ2v) is 5.26. The van der Waals surface area contributed by atoms with Gasteiger partial charge in [0.05, 0.1) is 25.3 Å². The van der Waals surface area contributed by atoms with Crippen molar-refractivity contribution in [2.24, 2.45) is 5.10 Å². The van der Waals surface area contributed by atoms with Gasteiger partial charge in [0.2, 0.25) is 5.91 Å². The number of carboxylic acid groups (broad SMARTS) is 1. The van der Waals surface area contributed by atoms with E-state index in [4.69, 9.17) is 21.4 Å². The Morgan fingerprint density at radius 2 is 1.96 bits per heavy atom. The van der Waals surface area contributed by atoms with E-state index in [-0.39, 0.29) is 17.9 Å². The first kappa shape index (κ1) is 17.5. The van der Waals surface area contributed by atoms with Crippen molar-refractivity contribution in [1.29, 1.82) is 0 Å². The minimum atomic E-state index is -0.998. The zero-order valence-electron chi connectivity index (χ0n) is 12.8. The van der Waals surface area contributed by atoms with Gasteiger partial charge >= 0.3 is 5.97 Å². The lowest BCUT2D eigenvalue weighted by atomic mass is 10.1. The van der Waals surface area contributed by atoms with Gasteiger partial charge in [-0.05, 0) is 41.5 Å². The van der Waals surface area contributed by atoms with E-state index in [0.717, 1.165) is 0 Å². The molecule has 0 aliphatic heterocycles. The fraction of sp³-hybridized carbons (Fsp3) is 0.118. The number of carbonyl (C=O) groups excluding carboxylic acids is 1. The van der Waals surface area contributed by atoms with Crippen LogP contribution in [0.25, 0.3) is 0 Å². The fourth-order valence-corrected chi connectivity index (χ4v) is 2.10. The van der Waals surface area contributed by atoms with Crippen LogP contribution in [0, 0.1) is 0 Å². The summed E-state index contributed by atoms with van der Waals surface area (Å²) in [7, 11) is 1.53. The van der Waals surface area contributed by atoms with Crippen LogP contribution in [0.2, 0.25) is 5.02 Å². The molecule has 124 valence electrons. The third-order valence-corrected chi connectivity index (χ3v) is 3.53. The molecule has 0 aromatic heterocycles. The average molecular weight is 347 g/mol. The van der Waals surface area contributed by atoms with Crippen LogP contribution in [-0.2, 0) is 11.2 Å². The maximum atomic E-state index is 11.9. The van der Waals surface area contributed by atoms with Gasteiger partial charge in [0.15, 0.2) is 0 Å². The highest BCUT2D eigenvalue weighted by Crippen LogP contribution is 2.22. The van der Waals surface area contributed by atoms with Crippen LogP contribution in [0.5, 0.6) is 5.75 Å². The summed E-state index contributed by atoms with van der Waals surface area (Å²) in [5.74, 6) is -0.713. The molecule has 1 amide bonds. The SMILES string of the molecule is COc1ccc(Cl)c(CC(=O)N/N=C/c2ccc(C(=O)O)cc2)c1. The molecule has 6 nitrogen and oxygen atoms in total. The lowest BCUT2D eigenvalue weighted by Crippen LogP contribution is -2.20. The Kier molecular flexibility index (Phi) is 5.92. The Bertz CT molecular complexity index is 773. The van der Waals surface area contributed by atoms with Crippen molar-refractivity contribution in [3.05, 3.63) is 64.2 Å². The number of halogens is 1. The molecule has 24 heavy (non-hydrogen) atoms. The van der Waals surface area contributed by atoms with Gasteiger partial charge in [-0.1, -0.05) is 23.7 Å². The van der Waals surface area contributed by atoms with Gasteiger partial charge in [-0.15, -0.1) is 0 Å². The molecule has 0 saturated heterocycles. The van der Waals surface area contributed by atoms with Gasteiger partial charge in [-0.25, -0.2) is 10.2 Å². The molecule has 0 spiro atoms. The van der Waals surface area contributed by atoms with Crippen LogP contribution in [0.15, 0.2) is 47.6 Å². The lowest BCUT2D eigenvalue weighted by Gasteiger charge is -2.06. The van der Waals surface area contributed by atoms with E-state index in [1.54, 1.807) is 30.3 Å². The van der Waals surface area contributed by atoms with E-state index in [0.29, 0.717) is 21.9 Å². The highest BCUT2D eigenvalue weighted by atomic mass is 35.5. The molecule has 2 N–H and O–H groups in total. The fourth-order valence-electron chi connectivity index (χ4n) is 1.92. The molecule has 7 heteroatoms. The number of aromatic carboxylic acids is 1. The maximum Gasteiger partial charge on any atom is 0.335 e. The van der Waals surface area contributed by atoms with Crippen molar-refractivity contribution >= 4 is 29.7 Å². The Morgan fingerprint density at radius 3 is 2.58 bits per heavy atom. The first-order valence-corrected chi connectivity index (χ1v) is 7.35. The van der Waals surface area contributed by atoms with E-state index in [1.165, 1.54) is 25.5 Å². The predicted molar refractivity (Wildman–Crippen MR) is 90.8 cm³/mol. The molecular weight excluding hydrogens is 332 g/mol. The molecule has 2 aromatic rings. The van der Waals surface area contributed by atoms with Crippen molar-refractivity contribution in [3.63, 3.8) is 0 Å². The van der Waals surface area contributed by atoms with Crippen molar-refractivity contribution in [2.75, 3.05) is 7.11 Å². The summed E-state index contributed by atoms with van der Waals surface area (Å²) in [5, 5.41) is 13.1. The zero-order valence-corrected chi connectivity index (χ0v) is 13.6. The van der Waals surface area contributed by atoms with Gasteiger partial charge in [0, 0.05) is 5.02 Å². The Morgan fingerprint density at radius 1 is 1.25 bits per heavy atom. The van der Waals surface area contributed by atoms with Crippen molar-refractivity contribution < 1.29 is 19.4 Å². The van der Waals surface area contributed by atoms with Crippen molar-refractivity contribution in [2.45, 2.75) is 6.42 Å². The third kappa shape index (κ3) is 4.82. The summed E-state index contributed by atoms with van der Waals surface area (Å²) in [6.07, 6.45) is 1.49. The molecule has 0 unspecified atom stereocenters. The summed E-state index contributed by atoms with van der Waals surface area (Å²) in [4.78, 5) is 22.6. The number of benzene rings is 2. The van der Waals surface area contributed by atoms with Gasteiger partial charge in [0.1, 0.15) is 5.75 Å². The number of nitrogens with one attached hydrogen (secondary N) is 1. The summed E-state index contributed by atoms with van der Waals surface area (Å²) < 4.78 is 5.10. The quantitative estimate of drug-likeness (QED) is 0.622. The smallest absolute Gasteiger partial charge is 0.335 e. The van der Waals surface area contributed by atoms with Crippen LogP contribution in [0.4, 0.5) is 0 Å². The normalized spacial score (nSPS) is 10.6. The number of nitrogens with zero attached hydrogens (tertiary/aromatic N) is 1. The van der Waals surface area contributed by atoms with Gasteiger partial charge in [-0.3, -0.25) is 4.79 Å². The third-order valence-electron chi connectivity index (χ3n) is 3.16. The summed E-state index contributed by atoms with van der Waals surface area (Å²) in [6, 6.07) is 11.2. The Hall–Kier alpha value is -2.86. The molecule has 0 bridgehead atoms. The van der Waals surface area contributed by atoms with E-state index in [2.05, 4.69) is 10.5 Å². The number of ether oxygens (including phenoxy) is 1. The van der Waals surface area contributed by atoms with E-state index in [9.17, 15) is 9.59 Å². The molecule has 0 radical (unpaired) electrons. The minimum Gasteiger partial charge on any atom is -0.497 e. The van der Waals surface area contributed by atoms with Crippen molar-refractivity contribution in [3.8, 4) is 5.75 Å². The highest BCUT2D eigenvalue weighted by Gasteiger charge is 2.08. The van der Waals surface area contributed by atoms with Crippen LogP contribution < -0.4 is 10.2 Å². The number of rotatable bonds is 6. The molecule has 0 heterocycles. The maximum absolute atomic E-state index is 11.9.